The molecule has 15 heavy (non-hydrogen) atoms. The molecule has 0 unspecified atom stereocenters. The van der Waals surface area contributed by atoms with Crippen LogP contribution in [0.4, 0.5) is 4.39 Å². The van der Waals surface area contributed by atoms with E-state index < -0.39 is 0 Å². The number of hydrogen-bond acceptors (Lipinski definition) is 1. The van der Waals surface area contributed by atoms with E-state index in [4.69, 9.17) is 0 Å². The highest BCUT2D eigenvalue weighted by atomic mass is 79.9. The third-order valence-corrected chi connectivity index (χ3v) is 2.42. The molecule has 1 aromatic carbocycles. The van der Waals surface area contributed by atoms with Gasteiger partial charge in [-0.1, -0.05) is 15.9 Å². The van der Waals surface area contributed by atoms with Crippen LogP contribution < -0.4 is 5.32 Å². The molecule has 0 radical (unpaired) electrons. The summed E-state index contributed by atoms with van der Waals surface area (Å²) in [4.78, 5) is 0. The minimum absolute atomic E-state index is 0.174. The molecule has 0 fully saturated rings. The summed E-state index contributed by atoms with van der Waals surface area (Å²) in [5.74, 6) is 5.59. The zero-order chi connectivity index (χ0) is 11.1. The molecule has 0 amide bonds. The maximum atomic E-state index is 13.3. The van der Waals surface area contributed by atoms with Crippen molar-refractivity contribution in [2.75, 3.05) is 6.54 Å². The molecule has 1 rings (SSSR count). The van der Waals surface area contributed by atoms with Gasteiger partial charge in [0, 0.05) is 29.5 Å². The predicted molar refractivity (Wildman–Crippen MR) is 63.9 cm³/mol. The molecule has 1 nitrogen and oxygen atoms in total. The van der Waals surface area contributed by atoms with E-state index >= 15 is 0 Å². The third-order valence-electron chi connectivity index (χ3n) is 1.93. The van der Waals surface area contributed by atoms with E-state index in [2.05, 4.69) is 33.1 Å². The van der Waals surface area contributed by atoms with E-state index in [1.54, 1.807) is 12.1 Å². The van der Waals surface area contributed by atoms with Crippen molar-refractivity contribution in [2.24, 2.45) is 0 Å². The van der Waals surface area contributed by atoms with Crippen LogP contribution in [0.3, 0.4) is 0 Å². The summed E-state index contributed by atoms with van der Waals surface area (Å²) in [6.45, 7) is 3.14. The maximum absolute atomic E-state index is 13.3. The van der Waals surface area contributed by atoms with Crippen LogP contribution in [0.5, 0.6) is 0 Å². The SMILES string of the molecule is CC#CCCNCc1cc(Br)ccc1F. The van der Waals surface area contributed by atoms with Crippen LogP contribution in [0.15, 0.2) is 22.7 Å². The van der Waals surface area contributed by atoms with Gasteiger partial charge in [-0.3, -0.25) is 0 Å². The molecule has 0 heterocycles. The number of hydrogen-bond donors (Lipinski definition) is 1. The maximum Gasteiger partial charge on any atom is 0.127 e. The second kappa shape index (κ2) is 6.60. The van der Waals surface area contributed by atoms with Crippen LogP contribution in [0, 0.1) is 17.7 Å². The van der Waals surface area contributed by atoms with Gasteiger partial charge in [0.15, 0.2) is 0 Å². The van der Waals surface area contributed by atoms with E-state index in [1.165, 1.54) is 6.07 Å². The average molecular weight is 270 g/mol. The molecular formula is C12H13BrFN. The van der Waals surface area contributed by atoms with E-state index in [0.717, 1.165) is 17.4 Å². The third kappa shape index (κ3) is 4.46. The standard InChI is InChI=1S/C12H13BrFN/c1-2-3-4-7-15-9-10-8-11(13)5-6-12(10)14/h5-6,8,15H,4,7,9H2,1H3. The first-order valence-electron chi connectivity index (χ1n) is 4.78. The normalized spacial score (nSPS) is 9.53. The first kappa shape index (κ1) is 12.2. The highest BCUT2D eigenvalue weighted by Crippen LogP contribution is 2.15. The smallest absolute Gasteiger partial charge is 0.127 e. The van der Waals surface area contributed by atoms with Crippen LogP contribution >= 0.6 is 15.9 Å². The van der Waals surface area contributed by atoms with Crippen LogP contribution in [-0.4, -0.2) is 6.54 Å². The Labute approximate surface area is 98.2 Å². The molecule has 0 aliphatic heterocycles. The summed E-state index contributed by atoms with van der Waals surface area (Å²) in [7, 11) is 0. The monoisotopic (exact) mass is 269 g/mol. The molecule has 1 aromatic rings. The first-order valence-corrected chi connectivity index (χ1v) is 5.57. The minimum Gasteiger partial charge on any atom is -0.312 e. The van der Waals surface area contributed by atoms with E-state index in [-0.39, 0.29) is 5.82 Å². The fourth-order valence-electron chi connectivity index (χ4n) is 1.18. The molecule has 0 spiro atoms. The Hall–Kier alpha value is -0.850. The second-order valence-electron chi connectivity index (χ2n) is 3.09. The molecule has 0 aromatic heterocycles. The fraction of sp³-hybridized carbons (Fsp3) is 0.333. The molecule has 0 atom stereocenters. The van der Waals surface area contributed by atoms with Crippen molar-refractivity contribution in [3.05, 3.63) is 34.1 Å². The van der Waals surface area contributed by atoms with Crippen molar-refractivity contribution in [3.63, 3.8) is 0 Å². The highest BCUT2D eigenvalue weighted by Gasteiger charge is 2.01. The Kier molecular flexibility index (Phi) is 5.38. The van der Waals surface area contributed by atoms with Crippen LogP contribution in [0.25, 0.3) is 0 Å². The molecule has 0 aliphatic carbocycles. The van der Waals surface area contributed by atoms with Gasteiger partial charge in [-0.15, -0.1) is 11.8 Å². The Bertz CT molecular complexity index is 379. The lowest BCUT2D eigenvalue weighted by molar-refractivity contribution is 0.590. The summed E-state index contributed by atoms with van der Waals surface area (Å²) < 4.78 is 14.2. The molecule has 3 heteroatoms. The lowest BCUT2D eigenvalue weighted by atomic mass is 10.2. The van der Waals surface area contributed by atoms with Crippen LogP contribution in [0.2, 0.25) is 0 Å². The summed E-state index contributed by atoms with van der Waals surface area (Å²) in [6.07, 6.45) is 0.798. The van der Waals surface area contributed by atoms with Gasteiger partial charge in [0.2, 0.25) is 0 Å². The van der Waals surface area contributed by atoms with Gasteiger partial charge in [-0.2, -0.15) is 0 Å². The molecule has 0 saturated heterocycles. The van der Waals surface area contributed by atoms with Crippen LogP contribution in [-0.2, 0) is 6.54 Å². The van der Waals surface area contributed by atoms with Gasteiger partial charge in [-0.25, -0.2) is 4.39 Å². The highest BCUT2D eigenvalue weighted by molar-refractivity contribution is 9.10. The minimum atomic E-state index is -0.174. The van der Waals surface area contributed by atoms with Gasteiger partial charge in [0.05, 0.1) is 0 Å². The van der Waals surface area contributed by atoms with Gasteiger partial charge in [0.25, 0.3) is 0 Å². The summed E-state index contributed by atoms with van der Waals surface area (Å²) in [5, 5.41) is 3.14. The van der Waals surface area contributed by atoms with Crippen molar-refractivity contribution in [2.45, 2.75) is 19.9 Å². The zero-order valence-electron chi connectivity index (χ0n) is 8.61. The molecule has 1 N–H and O–H groups in total. The Morgan fingerprint density at radius 2 is 2.27 bits per heavy atom. The molecule has 0 aliphatic rings. The van der Waals surface area contributed by atoms with E-state index in [0.29, 0.717) is 12.1 Å². The van der Waals surface area contributed by atoms with Crippen molar-refractivity contribution in [1.29, 1.82) is 0 Å². The summed E-state index contributed by atoms with van der Waals surface area (Å²) in [6, 6.07) is 4.95. The Morgan fingerprint density at radius 3 is 3.00 bits per heavy atom. The van der Waals surface area contributed by atoms with Crippen molar-refractivity contribution in [3.8, 4) is 11.8 Å². The number of rotatable bonds is 4. The van der Waals surface area contributed by atoms with Gasteiger partial charge >= 0.3 is 0 Å². The zero-order valence-corrected chi connectivity index (χ0v) is 10.2. The Balaban J connectivity index is 2.42. The van der Waals surface area contributed by atoms with Crippen molar-refractivity contribution < 1.29 is 4.39 Å². The predicted octanol–water partition coefficient (Wildman–Crippen LogP) is 3.09. The molecule has 0 saturated carbocycles. The average Bonchev–Trinajstić information content (AvgIpc) is 2.23. The molecule has 0 bridgehead atoms. The number of benzene rings is 1. The lowest BCUT2D eigenvalue weighted by Crippen LogP contribution is -2.15. The number of halogens is 2. The second-order valence-corrected chi connectivity index (χ2v) is 4.00. The Morgan fingerprint density at radius 1 is 1.47 bits per heavy atom. The van der Waals surface area contributed by atoms with Crippen molar-refractivity contribution >= 4 is 15.9 Å². The van der Waals surface area contributed by atoms with E-state index in [1.807, 2.05) is 6.92 Å². The fourth-order valence-corrected chi connectivity index (χ4v) is 1.59. The largest absolute Gasteiger partial charge is 0.312 e. The topological polar surface area (TPSA) is 12.0 Å². The van der Waals surface area contributed by atoms with Gasteiger partial charge < -0.3 is 5.32 Å². The van der Waals surface area contributed by atoms with Gasteiger partial charge in [0.1, 0.15) is 5.82 Å². The number of nitrogens with one attached hydrogen (secondary N) is 1. The quantitative estimate of drug-likeness (QED) is 0.655. The lowest BCUT2D eigenvalue weighted by Gasteiger charge is -2.04. The van der Waals surface area contributed by atoms with Gasteiger partial charge in [-0.05, 0) is 25.1 Å². The van der Waals surface area contributed by atoms with Crippen LogP contribution in [0.1, 0.15) is 18.9 Å². The first-order chi connectivity index (χ1) is 7.24. The summed E-state index contributed by atoms with van der Waals surface area (Å²) in [5.41, 5.74) is 0.675. The molecular weight excluding hydrogens is 257 g/mol. The molecule has 80 valence electrons. The van der Waals surface area contributed by atoms with Crippen molar-refractivity contribution in [1.82, 2.24) is 5.32 Å². The van der Waals surface area contributed by atoms with E-state index in [9.17, 15) is 4.39 Å². The summed E-state index contributed by atoms with van der Waals surface area (Å²) >= 11 is 3.31.